The molecule has 15 heavy (non-hydrogen) atoms. The minimum absolute atomic E-state index is 0.600. The Labute approximate surface area is 95.0 Å². The van der Waals surface area contributed by atoms with E-state index >= 15 is 0 Å². The average Bonchev–Trinajstić information content (AvgIpc) is 2.70. The molecule has 1 nitrogen and oxygen atoms in total. The van der Waals surface area contributed by atoms with Gasteiger partial charge in [0.1, 0.15) is 0 Å². The van der Waals surface area contributed by atoms with Crippen LogP contribution in [-0.4, -0.2) is 13.1 Å². The van der Waals surface area contributed by atoms with Crippen molar-refractivity contribution in [2.45, 2.75) is 64.8 Å². The zero-order valence-corrected chi connectivity index (χ0v) is 10.7. The zero-order valence-electron chi connectivity index (χ0n) is 10.7. The molecule has 2 aliphatic carbocycles. The Morgan fingerprint density at radius 2 is 1.73 bits per heavy atom. The van der Waals surface area contributed by atoms with Gasteiger partial charge in [-0.15, -0.1) is 0 Å². The van der Waals surface area contributed by atoms with Gasteiger partial charge in [0.05, 0.1) is 0 Å². The van der Waals surface area contributed by atoms with Gasteiger partial charge in [-0.2, -0.15) is 0 Å². The zero-order chi connectivity index (χ0) is 10.9. The fourth-order valence-corrected chi connectivity index (χ4v) is 3.93. The van der Waals surface area contributed by atoms with Crippen molar-refractivity contribution in [3.63, 3.8) is 0 Å². The average molecular weight is 209 g/mol. The first-order chi connectivity index (χ1) is 7.13. The molecule has 2 saturated carbocycles. The smallest absolute Gasteiger partial charge is 0.00672 e. The standard InChI is InChI=1S/C14H27N/c1-14(2)9-8-12(15-3)10-13(14)11-6-4-5-7-11/h11-13,15H,4-10H2,1-3H3. The lowest BCUT2D eigenvalue weighted by molar-refractivity contribution is 0.0659. The Morgan fingerprint density at radius 1 is 1.07 bits per heavy atom. The van der Waals surface area contributed by atoms with Gasteiger partial charge in [-0.1, -0.05) is 39.5 Å². The quantitative estimate of drug-likeness (QED) is 0.733. The summed E-state index contributed by atoms with van der Waals surface area (Å²) < 4.78 is 0. The summed E-state index contributed by atoms with van der Waals surface area (Å²) in [5.74, 6) is 2.02. The van der Waals surface area contributed by atoms with Crippen LogP contribution in [0.1, 0.15) is 58.8 Å². The highest BCUT2D eigenvalue weighted by Crippen LogP contribution is 2.48. The lowest BCUT2D eigenvalue weighted by atomic mass is 9.62. The Morgan fingerprint density at radius 3 is 2.33 bits per heavy atom. The van der Waals surface area contributed by atoms with E-state index in [4.69, 9.17) is 0 Å². The predicted molar refractivity (Wildman–Crippen MR) is 65.9 cm³/mol. The molecular weight excluding hydrogens is 182 g/mol. The molecule has 2 atom stereocenters. The molecule has 0 saturated heterocycles. The first-order valence-electron chi connectivity index (χ1n) is 6.81. The van der Waals surface area contributed by atoms with Crippen molar-refractivity contribution < 1.29 is 0 Å². The van der Waals surface area contributed by atoms with Crippen LogP contribution in [0.25, 0.3) is 0 Å². The van der Waals surface area contributed by atoms with Crippen LogP contribution < -0.4 is 5.32 Å². The molecule has 2 fully saturated rings. The van der Waals surface area contributed by atoms with Gasteiger partial charge >= 0.3 is 0 Å². The molecule has 0 amide bonds. The van der Waals surface area contributed by atoms with E-state index in [0.717, 1.165) is 17.9 Å². The van der Waals surface area contributed by atoms with Crippen LogP contribution in [0.15, 0.2) is 0 Å². The van der Waals surface area contributed by atoms with Gasteiger partial charge < -0.3 is 5.32 Å². The van der Waals surface area contributed by atoms with Crippen molar-refractivity contribution in [2.24, 2.45) is 17.3 Å². The van der Waals surface area contributed by atoms with Crippen molar-refractivity contribution in [1.82, 2.24) is 5.32 Å². The first kappa shape index (κ1) is 11.4. The maximum absolute atomic E-state index is 3.50. The van der Waals surface area contributed by atoms with Gasteiger partial charge in [0.2, 0.25) is 0 Å². The Kier molecular flexibility index (Phi) is 3.39. The number of hydrogen-bond acceptors (Lipinski definition) is 1. The van der Waals surface area contributed by atoms with Crippen molar-refractivity contribution >= 4 is 0 Å². The summed E-state index contributed by atoms with van der Waals surface area (Å²) in [6.45, 7) is 5.00. The fourth-order valence-electron chi connectivity index (χ4n) is 3.93. The van der Waals surface area contributed by atoms with Crippen LogP contribution >= 0.6 is 0 Å². The molecule has 0 bridgehead atoms. The fraction of sp³-hybridized carbons (Fsp3) is 1.00. The summed E-state index contributed by atoms with van der Waals surface area (Å²) in [4.78, 5) is 0. The summed E-state index contributed by atoms with van der Waals surface area (Å²) in [6.07, 6.45) is 10.2. The van der Waals surface area contributed by atoms with Crippen molar-refractivity contribution in [2.75, 3.05) is 7.05 Å². The Balaban J connectivity index is 2.03. The second-order valence-electron chi connectivity index (χ2n) is 6.40. The van der Waals surface area contributed by atoms with Gasteiger partial charge in [0.15, 0.2) is 0 Å². The maximum atomic E-state index is 3.50. The second-order valence-corrected chi connectivity index (χ2v) is 6.40. The molecule has 0 aromatic carbocycles. The molecule has 2 rings (SSSR count). The summed E-state index contributed by atoms with van der Waals surface area (Å²) in [5.41, 5.74) is 0.600. The van der Waals surface area contributed by atoms with Crippen molar-refractivity contribution in [3.8, 4) is 0 Å². The highest BCUT2D eigenvalue weighted by molar-refractivity contribution is 4.93. The normalized spacial score (nSPS) is 37.0. The van der Waals surface area contributed by atoms with Crippen LogP contribution in [0.5, 0.6) is 0 Å². The van der Waals surface area contributed by atoms with Crippen LogP contribution in [0.4, 0.5) is 0 Å². The van der Waals surface area contributed by atoms with E-state index in [-0.39, 0.29) is 0 Å². The summed E-state index contributed by atoms with van der Waals surface area (Å²) in [7, 11) is 2.13. The van der Waals surface area contributed by atoms with E-state index in [2.05, 4.69) is 26.2 Å². The van der Waals surface area contributed by atoms with E-state index in [9.17, 15) is 0 Å². The molecule has 0 aliphatic heterocycles. The SMILES string of the molecule is CNC1CCC(C)(C)C(C2CCCC2)C1. The molecule has 1 N–H and O–H groups in total. The molecule has 2 unspecified atom stereocenters. The molecule has 0 radical (unpaired) electrons. The third kappa shape index (κ3) is 2.38. The second kappa shape index (κ2) is 4.45. The van der Waals surface area contributed by atoms with Gasteiger partial charge in [0.25, 0.3) is 0 Å². The highest BCUT2D eigenvalue weighted by atomic mass is 14.9. The molecule has 0 aromatic rings. The van der Waals surface area contributed by atoms with E-state index in [1.54, 1.807) is 0 Å². The van der Waals surface area contributed by atoms with Gasteiger partial charge in [-0.05, 0) is 43.6 Å². The number of hydrogen-bond donors (Lipinski definition) is 1. The molecule has 88 valence electrons. The minimum Gasteiger partial charge on any atom is -0.317 e. The topological polar surface area (TPSA) is 12.0 Å². The maximum Gasteiger partial charge on any atom is 0.00672 e. The Bertz CT molecular complexity index is 203. The summed E-state index contributed by atoms with van der Waals surface area (Å²) >= 11 is 0. The Hall–Kier alpha value is -0.0400. The van der Waals surface area contributed by atoms with Crippen molar-refractivity contribution in [3.05, 3.63) is 0 Å². The first-order valence-corrected chi connectivity index (χ1v) is 6.81. The third-order valence-electron chi connectivity index (χ3n) is 5.06. The highest BCUT2D eigenvalue weighted by Gasteiger charge is 2.40. The lowest BCUT2D eigenvalue weighted by Gasteiger charge is -2.45. The third-order valence-corrected chi connectivity index (χ3v) is 5.06. The molecule has 0 aromatic heterocycles. The van der Waals surface area contributed by atoms with Crippen LogP contribution in [0.2, 0.25) is 0 Å². The van der Waals surface area contributed by atoms with E-state index in [1.807, 2.05) is 0 Å². The molecule has 0 heterocycles. The number of rotatable bonds is 2. The van der Waals surface area contributed by atoms with Gasteiger partial charge in [0, 0.05) is 6.04 Å². The van der Waals surface area contributed by atoms with Crippen LogP contribution in [0, 0.1) is 17.3 Å². The minimum atomic E-state index is 0.600. The molecule has 1 heteroatoms. The van der Waals surface area contributed by atoms with Gasteiger partial charge in [-0.3, -0.25) is 0 Å². The monoisotopic (exact) mass is 209 g/mol. The van der Waals surface area contributed by atoms with E-state index in [1.165, 1.54) is 44.9 Å². The lowest BCUT2D eigenvalue weighted by Crippen LogP contribution is -2.42. The van der Waals surface area contributed by atoms with Crippen LogP contribution in [-0.2, 0) is 0 Å². The van der Waals surface area contributed by atoms with Gasteiger partial charge in [-0.25, -0.2) is 0 Å². The van der Waals surface area contributed by atoms with E-state index in [0.29, 0.717) is 5.41 Å². The predicted octanol–water partition coefficient (Wildman–Crippen LogP) is 3.59. The van der Waals surface area contributed by atoms with Crippen molar-refractivity contribution in [1.29, 1.82) is 0 Å². The largest absolute Gasteiger partial charge is 0.317 e. The van der Waals surface area contributed by atoms with Crippen LogP contribution in [0.3, 0.4) is 0 Å². The summed E-state index contributed by atoms with van der Waals surface area (Å²) in [6, 6.07) is 0.795. The molecule has 2 aliphatic rings. The van der Waals surface area contributed by atoms with E-state index < -0.39 is 0 Å². The molecular formula is C14H27N. The number of nitrogens with one attached hydrogen (secondary N) is 1. The summed E-state index contributed by atoms with van der Waals surface area (Å²) in [5, 5.41) is 3.50. The molecule has 0 spiro atoms.